The van der Waals surface area contributed by atoms with Crippen molar-refractivity contribution >= 4 is 16.8 Å². The first-order valence-corrected chi connectivity index (χ1v) is 9.10. The molecule has 0 bridgehead atoms. The third-order valence-corrected chi connectivity index (χ3v) is 5.28. The van der Waals surface area contributed by atoms with Gasteiger partial charge in [0.25, 0.3) is 5.91 Å². The molecule has 3 aromatic rings. The lowest BCUT2D eigenvalue weighted by Gasteiger charge is -2.34. The van der Waals surface area contributed by atoms with Crippen molar-refractivity contribution in [3.05, 3.63) is 78.0 Å². The Labute approximate surface area is 153 Å². The number of amides is 1. The van der Waals surface area contributed by atoms with E-state index in [2.05, 4.69) is 4.98 Å². The zero-order valence-electron chi connectivity index (χ0n) is 14.6. The normalized spacial score (nSPS) is 16.6. The number of fused-ring (bicyclic) bond motifs is 1. The van der Waals surface area contributed by atoms with Crippen LogP contribution >= 0.6 is 0 Å². The van der Waals surface area contributed by atoms with Gasteiger partial charge in [0, 0.05) is 24.7 Å². The van der Waals surface area contributed by atoms with Crippen molar-refractivity contribution in [1.29, 1.82) is 0 Å². The van der Waals surface area contributed by atoms with Gasteiger partial charge < -0.3 is 10.0 Å². The summed E-state index contributed by atoms with van der Waals surface area (Å²) in [6.07, 6.45) is 2.87. The fourth-order valence-electron chi connectivity index (χ4n) is 3.79. The highest BCUT2D eigenvalue weighted by Gasteiger charge is 2.29. The number of aliphatic hydroxyl groups excluding tert-OH is 1. The number of aliphatic hydroxyl groups is 1. The van der Waals surface area contributed by atoms with Gasteiger partial charge in [-0.1, -0.05) is 48.5 Å². The highest BCUT2D eigenvalue weighted by Crippen LogP contribution is 2.31. The molecule has 4 rings (SSSR count). The lowest BCUT2D eigenvalue weighted by molar-refractivity contribution is 0.0463. The van der Waals surface area contributed by atoms with Crippen LogP contribution in [0.15, 0.2) is 66.9 Å². The molecule has 2 aromatic carbocycles. The lowest BCUT2D eigenvalue weighted by atomic mass is 9.87. The van der Waals surface area contributed by atoms with Crippen molar-refractivity contribution < 1.29 is 9.90 Å². The van der Waals surface area contributed by atoms with Crippen LogP contribution in [-0.4, -0.2) is 34.0 Å². The van der Waals surface area contributed by atoms with E-state index in [0.29, 0.717) is 18.7 Å². The Hall–Kier alpha value is -2.72. The summed E-state index contributed by atoms with van der Waals surface area (Å²) in [7, 11) is 0. The molecule has 1 atom stereocenters. The second kappa shape index (κ2) is 7.26. The number of hydrogen-bond donors (Lipinski definition) is 1. The van der Waals surface area contributed by atoms with E-state index in [0.717, 1.165) is 29.3 Å². The molecule has 1 fully saturated rings. The van der Waals surface area contributed by atoms with Gasteiger partial charge in [-0.3, -0.25) is 9.78 Å². The molecule has 1 aromatic heterocycles. The quantitative estimate of drug-likeness (QED) is 0.784. The Kier molecular flexibility index (Phi) is 4.67. The van der Waals surface area contributed by atoms with Crippen LogP contribution < -0.4 is 0 Å². The van der Waals surface area contributed by atoms with Crippen molar-refractivity contribution in [3.8, 4) is 0 Å². The number of carbonyl (C=O) groups is 1. The van der Waals surface area contributed by atoms with Gasteiger partial charge in [-0.05, 0) is 36.5 Å². The molecule has 2 heterocycles. The Morgan fingerprint density at radius 3 is 2.50 bits per heavy atom. The van der Waals surface area contributed by atoms with E-state index in [-0.39, 0.29) is 11.8 Å². The van der Waals surface area contributed by atoms with Gasteiger partial charge in [-0.15, -0.1) is 0 Å². The molecule has 1 aliphatic rings. The van der Waals surface area contributed by atoms with Crippen LogP contribution in [0.2, 0.25) is 0 Å². The molecule has 1 aliphatic heterocycles. The van der Waals surface area contributed by atoms with Crippen LogP contribution in [0.5, 0.6) is 0 Å². The number of pyridine rings is 1. The minimum Gasteiger partial charge on any atom is -0.388 e. The molecule has 1 N–H and O–H groups in total. The number of piperidine rings is 1. The smallest absolute Gasteiger partial charge is 0.256 e. The van der Waals surface area contributed by atoms with E-state index in [4.69, 9.17) is 0 Å². The summed E-state index contributed by atoms with van der Waals surface area (Å²) in [6, 6.07) is 19.4. The van der Waals surface area contributed by atoms with Crippen LogP contribution in [0, 0.1) is 5.92 Å². The van der Waals surface area contributed by atoms with Crippen molar-refractivity contribution in [2.75, 3.05) is 13.1 Å². The molecule has 0 saturated carbocycles. The molecule has 1 saturated heterocycles. The van der Waals surface area contributed by atoms with E-state index in [1.807, 2.05) is 65.6 Å². The fourth-order valence-corrected chi connectivity index (χ4v) is 3.79. The number of rotatable bonds is 3. The van der Waals surface area contributed by atoms with Crippen LogP contribution in [0.4, 0.5) is 0 Å². The summed E-state index contributed by atoms with van der Waals surface area (Å²) in [6.45, 7) is 1.33. The van der Waals surface area contributed by atoms with Gasteiger partial charge in [-0.2, -0.15) is 0 Å². The molecule has 4 heteroatoms. The largest absolute Gasteiger partial charge is 0.388 e. The number of hydrogen-bond acceptors (Lipinski definition) is 3. The molecule has 132 valence electrons. The van der Waals surface area contributed by atoms with Gasteiger partial charge in [-0.25, -0.2) is 0 Å². The number of nitrogens with zero attached hydrogens (tertiary/aromatic N) is 2. The molecular formula is C22H22N2O2. The maximum atomic E-state index is 13.0. The summed E-state index contributed by atoms with van der Waals surface area (Å²) < 4.78 is 0. The van der Waals surface area contributed by atoms with Gasteiger partial charge in [0.15, 0.2) is 0 Å². The van der Waals surface area contributed by atoms with Gasteiger partial charge in [0.2, 0.25) is 0 Å². The minimum absolute atomic E-state index is 0.0296. The molecule has 4 nitrogen and oxygen atoms in total. The predicted molar refractivity (Wildman–Crippen MR) is 102 cm³/mol. The molecule has 0 aliphatic carbocycles. The molecular weight excluding hydrogens is 324 g/mol. The molecule has 0 spiro atoms. The van der Waals surface area contributed by atoms with Gasteiger partial charge in [0.05, 0.1) is 17.2 Å². The number of aromatic nitrogens is 1. The molecule has 0 unspecified atom stereocenters. The number of para-hydroxylation sites is 1. The van der Waals surface area contributed by atoms with E-state index < -0.39 is 6.10 Å². The standard InChI is InChI=1S/C22H22N2O2/c25-21(17-6-2-1-3-7-17)18-11-14-24(15-12-18)22(26)19-10-4-8-16-9-5-13-23-20(16)19/h1-10,13,18,21,25H,11-12,14-15H2/t21-/m0/s1. The highest BCUT2D eigenvalue weighted by atomic mass is 16.3. The maximum absolute atomic E-state index is 13.0. The first-order chi connectivity index (χ1) is 12.7. The van der Waals surface area contributed by atoms with Gasteiger partial charge in [0.1, 0.15) is 0 Å². The molecule has 1 amide bonds. The predicted octanol–water partition coefficient (Wildman–Crippen LogP) is 3.82. The monoisotopic (exact) mass is 346 g/mol. The average Bonchev–Trinajstić information content (AvgIpc) is 2.73. The zero-order chi connectivity index (χ0) is 17.9. The number of carbonyl (C=O) groups excluding carboxylic acids is 1. The first kappa shape index (κ1) is 16.7. The van der Waals surface area contributed by atoms with E-state index in [1.165, 1.54) is 0 Å². The summed E-state index contributed by atoms with van der Waals surface area (Å²) in [5.74, 6) is 0.217. The van der Waals surface area contributed by atoms with Crippen molar-refractivity contribution in [2.45, 2.75) is 18.9 Å². The Balaban J connectivity index is 1.47. The van der Waals surface area contributed by atoms with Gasteiger partial charge >= 0.3 is 0 Å². The first-order valence-electron chi connectivity index (χ1n) is 9.10. The van der Waals surface area contributed by atoms with Crippen LogP contribution in [0.3, 0.4) is 0 Å². The van der Waals surface area contributed by atoms with E-state index in [9.17, 15) is 9.90 Å². The Morgan fingerprint density at radius 2 is 1.73 bits per heavy atom. The Bertz CT molecular complexity index is 897. The van der Waals surface area contributed by atoms with E-state index >= 15 is 0 Å². The number of likely N-dealkylation sites (tertiary alicyclic amines) is 1. The Morgan fingerprint density at radius 1 is 1.00 bits per heavy atom. The summed E-state index contributed by atoms with van der Waals surface area (Å²) in [5, 5.41) is 11.6. The summed E-state index contributed by atoms with van der Waals surface area (Å²) in [5.41, 5.74) is 2.37. The second-order valence-corrected chi connectivity index (χ2v) is 6.87. The number of benzene rings is 2. The van der Waals surface area contributed by atoms with Crippen LogP contribution in [-0.2, 0) is 0 Å². The van der Waals surface area contributed by atoms with Crippen molar-refractivity contribution in [3.63, 3.8) is 0 Å². The second-order valence-electron chi connectivity index (χ2n) is 6.87. The third kappa shape index (κ3) is 3.20. The van der Waals surface area contributed by atoms with Crippen molar-refractivity contribution in [1.82, 2.24) is 9.88 Å². The van der Waals surface area contributed by atoms with Crippen molar-refractivity contribution in [2.24, 2.45) is 5.92 Å². The SMILES string of the molecule is O=C(c1cccc2cccnc12)N1CCC([C@@H](O)c2ccccc2)CC1. The summed E-state index contributed by atoms with van der Waals surface area (Å²) in [4.78, 5) is 19.3. The average molecular weight is 346 g/mol. The zero-order valence-corrected chi connectivity index (χ0v) is 14.6. The third-order valence-electron chi connectivity index (χ3n) is 5.28. The highest BCUT2D eigenvalue weighted by molar-refractivity contribution is 6.05. The maximum Gasteiger partial charge on any atom is 0.256 e. The molecule has 0 radical (unpaired) electrons. The topological polar surface area (TPSA) is 53.4 Å². The lowest BCUT2D eigenvalue weighted by Crippen LogP contribution is -2.39. The fraction of sp³-hybridized carbons (Fsp3) is 0.273. The van der Waals surface area contributed by atoms with E-state index in [1.54, 1.807) is 6.20 Å². The summed E-state index contributed by atoms with van der Waals surface area (Å²) >= 11 is 0. The van der Waals surface area contributed by atoms with Crippen LogP contribution in [0.1, 0.15) is 34.9 Å². The molecule has 26 heavy (non-hydrogen) atoms. The van der Waals surface area contributed by atoms with Crippen LogP contribution in [0.25, 0.3) is 10.9 Å². The minimum atomic E-state index is -0.465.